The molecule has 29 heavy (non-hydrogen) atoms. The van der Waals surface area contributed by atoms with Gasteiger partial charge in [0, 0.05) is 42.7 Å². The van der Waals surface area contributed by atoms with Gasteiger partial charge in [0.25, 0.3) is 0 Å². The summed E-state index contributed by atoms with van der Waals surface area (Å²) in [6.45, 7) is 0. The third kappa shape index (κ3) is 3.47. The number of hydrogen-bond acceptors (Lipinski definition) is 3. The van der Waals surface area contributed by atoms with Crippen molar-refractivity contribution < 1.29 is 19.5 Å². The molecule has 7 heteroatoms. The quantitative estimate of drug-likeness (QED) is 0.622. The van der Waals surface area contributed by atoms with E-state index in [2.05, 4.69) is 10.3 Å². The van der Waals surface area contributed by atoms with Gasteiger partial charge >= 0.3 is 5.97 Å². The van der Waals surface area contributed by atoms with Crippen molar-refractivity contribution in [3.8, 4) is 0 Å². The number of aromatic amines is 1. The van der Waals surface area contributed by atoms with Gasteiger partial charge in [0.05, 0.1) is 5.92 Å². The maximum absolute atomic E-state index is 13.0. The summed E-state index contributed by atoms with van der Waals surface area (Å²) < 4.78 is 0. The van der Waals surface area contributed by atoms with Crippen LogP contribution in [0.5, 0.6) is 0 Å². The van der Waals surface area contributed by atoms with E-state index in [4.69, 9.17) is 0 Å². The molecular formula is C22H21N3O4. The zero-order chi connectivity index (χ0) is 20.5. The number of carboxylic acid groups (broad SMARTS) is 1. The highest BCUT2D eigenvalue weighted by atomic mass is 16.4. The van der Waals surface area contributed by atoms with E-state index in [0.717, 1.165) is 22.0 Å². The van der Waals surface area contributed by atoms with Crippen LogP contribution >= 0.6 is 0 Å². The van der Waals surface area contributed by atoms with Crippen LogP contribution in [0.2, 0.25) is 0 Å². The summed E-state index contributed by atoms with van der Waals surface area (Å²) in [7, 11) is 1.67. The van der Waals surface area contributed by atoms with E-state index in [9.17, 15) is 19.5 Å². The van der Waals surface area contributed by atoms with Gasteiger partial charge in [-0.1, -0.05) is 36.4 Å². The molecule has 7 nitrogen and oxygen atoms in total. The molecule has 2 amide bonds. The van der Waals surface area contributed by atoms with Crippen LogP contribution in [-0.2, 0) is 20.8 Å². The Morgan fingerprint density at radius 3 is 2.72 bits per heavy atom. The van der Waals surface area contributed by atoms with Crippen molar-refractivity contribution in [2.45, 2.75) is 24.8 Å². The Morgan fingerprint density at radius 1 is 1.21 bits per heavy atom. The summed E-state index contributed by atoms with van der Waals surface area (Å²) in [5.41, 5.74) is 3.12. The van der Waals surface area contributed by atoms with Gasteiger partial charge in [-0.2, -0.15) is 0 Å². The molecule has 0 radical (unpaired) electrons. The molecule has 0 fully saturated rings. The molecule has 0 saturated heterocycles. The number of carboxylic acids is 1. The molecule has 2 aromatic carbocycles. The number of hydrogen-bond donors (Lipinski definition) is 3. The fourth-order valence-electron chi connectivity index (χ4n) is 3.87. The summed E-state index contributed by atoms with van der Waals surface area (Å²) in [5, 5.41) is 13.2. The van der Waals surface area contributed by atoms with Crippen LogP contribution in [0.4, 0.5) is 5.69 Å². The minimum absolute atomic E-state index is 0.0127. The van der Waals surface area contributed by atoms with Crippen molar-refractivity contribution in [3.63, 3.8) is 0 Å². The number of amides is 2. The molecule has 1 aromatic heterocycles. The maximum atomic E-state index is 13.0. The second-order valence-corrected chi connectivity index (χ2v) is 7.23. The monoisotopic (exact) mass is 391 g/mol. The number of fused-ring (bicyclic) bond motifs is 2. The molecular weight excluding hydrogens is 370 g/mol. The number of nitrogens with one attached hydrogen (secondary N) is 2. The van der Waals surface area contributed by atoms with E-state index >= 15 is 0 Å². The molecule has 2 heterocycles. The van der Waals surface area contributed by atoms with Crippen molar-refractivity contribution in [1.82, 2.24) is 10.3 Å². The van der Waals surface area contributed by atoms with Crippen LogP contribution in [0.3, 0.4) is 0 Å². The lowest BCUT2D eigenvalue weighted by atomic mass is 9.88. The summed E-state index contributed by atoms with van der Waals surface area (Å²) >= 11 is 0. The maximum Gasteiger partial charge on any atom is 0.326 e. The molecule has 0 saturated carbocycles. The Balaban J connectivity index is 1.58. The highest BCUT2D eigenvalue weighted by Gasteiger charge is 2.35. The van der Waals surface area contributed by atoms with Crippen LogP contribution in [0, 0.1) is 0 Å². The number of aromatic nitrogens is 1. The van der Waals surface area contributed by atoms with Crippen LogP contribution in [0.1, 0.15) is 23.5 Å². The fourth-order valence-corrected chi connectivity index (χ4v) is 3.87. The molecule has 1 aliphatic rings. The van der Waals surface area contributed by atoms with Crippen molar-refractivity contribution in [3.05, 3.63) is 65.9 Å². The Morgan fingerprint density at radius 2 is 1.93 bits per heavy atom. The zero-order valence-corrected chi connectivity index (χ0v) is 15.9. The fraction of sp³-hybridized carbons (Fsp3) is 0.227. The Labute approximate surface area is 167 Å². The Hall–Kier alpha value is -3.61. The van der Waals surface area contributed by atoms with E-state index in [1.54, 1.807) is 31.4 Å². The summed E-state index contributed by atoms with van der Waals surface area (Å²) in [5.74, 6) is -2.45. The molecule has 148 valence electrons. The average molecular weight is 391 g/mol. The predicted molar refractivity (Wildman–Crippen MR) is 109 cm³/mol. The number of carbonyl (C=O) groups excluding carboxylic acids is 2. The van der Waals surface area contributed by atoms with Crippen LogP contribution < -0.4 is 10.2 Å². The van der Waals surface area contributed by atoms with Gasteiger partial charge in [-0.15, -0.1) is 0 Å². The van der Waals surface area contributed by atoms with E-state index in [-0.39, 0.29) is 18.7 Å². The van der Waals surface area contributed by atoms with E-state index in [1.807, 2.05) is 30.3 Å². The number of H-pyrrole nitrogens is 1. The molecule has 0 aliphatic carbocycles. The number of carbonyl (C=O) groups is 3. The molecule has 2 atom stereocenters. The third-order valence-electron chi connectivity index (χ3n) is 5.46. The highest BCUT2D eigenvalue weighted by Crippen LogP contribution is 2.35. The van der Waals surface area contributed by atoms with Crippen LogP contribution in [-0.4, -0.2) is 41.0 Å². The van der Waals surface area contributed by atoms with Gasteiger partial charge in [0.2, 0.25) is 11.8 Å². The highest BCUT2D eigenvalue weighted by molar-refractivity contribution is 6.03. The molecule has 0 unspecified atom stereocenters. The smallest absolute Gasteiger partial charge is 0.326 e. The number of nitrogens with zero attached hydrogens (tertiary/aromatic N) is 1. The normalized spacial score (nSPS) is 17.1. The first-order chi connectivity index (χ1) is 14.0. The summed E-state index contributed by atoms with van der Waals surface area (Å²) in [6, 6.07) is 13.7. The molecule has 0 bridgehead atoms. The Bertz CT molecular complexity index is 1100. The second-order valence-electron chi connectivity index (χ2n) is 7.23. The predicted octanol–water partition coefficient (Wildman–Crippen LogP) is 2.43. The van der Waals surface area contributed by atoms with E-state index < -0.39 is 23.8 Å². The van der Waals surface area contributed by atoms with Gasteiger partial charge in [0.1, 0.15) is 6.04 Å². The van der Waals surface area contributed by atoms with Crippen LogP contribution in [0.25, 0.3) is 10.9 Å². The first-order valence-electron chi connectivity index (χ1n) is 9.39. The van der Waals surface area contributed by atoms with Gasteiger partial charge in [-0.3, -0.25) is 9.59 Å². The molecule has 0 spiro atoms. The van der Waals surface area contributed by atoms with Gasteiger partial charge in [-0.05, 0) is 23.3 Å². The molecule has 1 aliphatic heterocycles. The van der Waals surface area contributed by atoms with E-state index in [0.29, 0.717) is 5.69 Å². The summed E-state index contributed by atoms with van der Waals surface area (Å²) in [4.78, 5) is 41.8. The van der Waals surface area contributed by atoms with Gasteiger partial charge < -0.3 is 20.3 Å². The molecule has 3 N–H and O–H groups in total. The zero-order valence-electron chi connectivity index (χ0n) is 15.9. The molecule has 4 rings (SSSR count). The van der Waals surface area contributed by atoms with Gasteiger partial charge in [0.15, 0.2) is 0 Å². The minimum atomic E-state index is -1.11. The molecule has 3 aromatic rings. The lowest BCUT2D eigenvalue weighted by molar-refractivity contribution is -0.142. The largest absolute Gasteiger partial charge is 0.480 e. The summed E-state index contributed by atoms with van der Waals surface area (Å²) in [6.07, 6.45) is 1.92. The van der Waals surface area contributed by atoms with Crippen molar-refractivity contribution in [2.75, 3.05) is 11.9 Å². The lowest BCUT2D eigenvalue weighted by Gasteiger charge is -2.31. The number of rotatable bonds is 5. The standard InChI is InChI=1S/C22H21N3O4/c1-25-19-9-5-3-7-15(19)16(11-20(25)26)21(27)24-18(22(28)29)10-13-12-23-17-8-4-2-6-14(13)17/h2-9,12,16,18,23H,10-11H2,1H3,(H,24,27)(H,28,29)/t16-,18-/m0/s1. The number of benzene rings is 2. The SMILES string of the molecule is CN1C(=O)C[C@H](C(=O)N[C@@H](Cc2c[nH]c3ccccc23)C(=O)O)c2ccccc21. The topological polar surface area (TPSA) is 103 Å². The average Bonchev–Trinajstić information content (AvgIpc) is 3.13. The minimum Gasteiger partial charge on any atom is -0.480 e. The second kappa shape index (κ2) is 7.43. The first-order valence-corrected chi connectivity index (χ1v) is 9.39. The van der Waals surface area contributed by atoms with Crippen molar-refractivity contribution >= 4 is 34.4 Å². The number of aliphatic carboxylic acids is 1. The van der Waals surface area contributed by atoms with Crippen LogP contribution in [0.15, 0.2) is 54.7 Å². The Kier molecular flexibility index (Phi) is 4.80. The van der Waals surface area contributed by atoms with Crippen molar-refractivity contribution in [2.24, 2.45) is 0 Å². The lowest BCUT2D eigenvalue weighted by Crippen LogP contribution is -2.46. The van der Waals surface area contributed by atoms with E-state index in [1.165, 1.54) is 4.90 Å². The first kappa shape index (κ1) is 18.7. The number of para-hydroxylation sites is 2. The third-order valence-corrected chi connectivity index (χ3v) is 5.46. The van der Waals surface area contributed by atoms with Gasteiger partial charge in [-0.25, -0.2) is 4.79 Å². The number of anilines is 1. The van der Waals surface area contributed by atoms with Crippen molar-refractivity contribution in [1.29, 1.82) is 0 Å².